The SMILES string of the molecule is CC(=O)OC[C@@]1(C)CCC[C@]2(C)[C@@H]1CC[C@]13C(OC(C)=O)[C@](C)(CC[C@@H]21)[C@H](O)[C@H]3O. The molecule has 4 fully saturated rings. The van der Waals surface area contributed by atoms with Gasteiger partial charge in [0.2, 0.25) is 0 Å². The van der Waals surface area contributed by atoms with Crippen molar-refractivity contribution in [2.75, 3.05) is 6.61 Å². The Morgan fingerprint density at radius 2 is 1.53 bits per heavy atom. The summed E-state index contributed by atoms with van der Waals surface area (Å²) in [6.07, 6.45) is 4.13. The van der Waals surface area contributed by atoms with Crippen LogP contribution in [-0.4, -0.2) is 47.1 Å². The van der Waals surface area contributed by atoms with Crippen molar-refractivity contribution in [1.29, 1.82) is 0 Å². The van der Waals surface area contributed by atoms with Gasteiger partial charge in [-0.2, -0.15) is 0 Å². The zero-order valence-corrected chi connectivity index (χ0v) is 19.1. The molecule has 0 aromatic heterocycles. The molecule has 0 aromatic rings. The van der Waals surface area contributed by atoms with E-state index < -0.39 is 29.1 Å². The molecule has 30 heavy (non-hydrogen) atoms. The van der Waals surface area contributed by atoms with Gasteiger partial charge in [-0.25, -0.2) is 0 Å². The van der Waals surface area contributed by atoms with Gasteiger partial charge in [0.05, 0.1) is 18.8 Å². The molecule has 0 aliphatic heterocycles. The number of aliphatic hydroxyl groups excluding tert-OH is 2. The fraction of sp³-hybridized carbons (Fsp3) is 0.917. The maximum atomic E-state index is 12.0. The average Bonchev–Trinajstić information content (AvgIpc) is 2.74. The quantitative estimate of drug-likeness (QED) is 0.679. The summed E-state index contributed by atoms with van der Waals surface area (Å²) in [7, 11) is 0. The van der Waals surface area contributed by atoms with Crippen molar-refractivity contribution in [3.63, 3.8) is 0 Å². The van der Waals surface area contributed by atoms with Gasteiger partial charge in [0.25, 0.3) is 0 Å². The smallest absolute Gasteiger partial charge is 0.302 e. The molecule has 2 bridgehead atoms. The summed E-state index contributed by atoms with van der Waals surface area (Å²) in [6, 6.07) is 0. The van der Waals surface area contributed by atoms with E-state index in [4.69, 9.17) is 9.47 Å². The Labute approximate surface area is 179 Å². The molecule has 0 saturated heterocycles. The predicted octanol–water partition coefficient (Wildman–Crippen LogP) is 3.23. The molecule has 4 aliphatic rings. The number of hydrogen-bond acceptors (Lipinski definition) is 6. The van der Waals surface area contributed by atoms with Crippen LogP contribution >= 0.6 is 0 Å². The van der Waals surface area contributed by atoms with Crippen LogP contribution in [0.15, 0.2) is 0 Å². The fourth-order valence-electron chi connectivity index (χ4n) is 8.72. The zero-order valence-electron chi connectivity index (χ0n) is 19.1. The van der Waals surface area contributed by atoms with Gasteiger partial charge in [0.1, 0.15) is 6.10 Å². The topological polar surface area (TPSA) is 93.1 Å². The molecule has 170 valence electrons. The van der Waals surface area contributed by atoms with Gasteiger partial charge in [-0.3, -0.25) is 9.59 Å². The summed E-state index contributed by atoms with van der Waals surface area (Å²) in [5.74, 6) is -0.0667. The van der Waals surface area contributed by atoms with E-state index in [0.717, 1.165) is 44.9 Å². The van der Waals surface area contributed by atoms with Crippen LogP contribution in [0.1, 0.15) is 79.6 Å². The van der Waals surface area contributed by atoms with Crippen LogP contribution in [-0.2, 0) is 19.1 Å². The third kappa shape index (κ3) is 2.75. The normalized spacial score (nSPS) is 52.2. The minimum absolute atomic E-state index is 0.0594. The predicted molar refractivity (Wildman–Crippen MR) is 110 cm³/mol. The lowest BCUT2D eigenvalue weighted by atomic mass is 9.39. The highest BCUT2D eigenvalue weighted by atomic mass is 16.5. The zero-order chi connectivity index (χ0) is 22.1. The first-order valence-corrected chi connectivity index (χ1v) is 11.6. The fourth-order valence-corrected chi connectivity index (χ4v) is 8.72. The van der Waals surface area contributed by atoms with Gasteiger partial charge in [-0.15, -0.1) is 0 Å². The number of carbonyl (C=O) groups is 2. The van der Waals surface area contributed by atoms with Crippen LogP contribution in [0.2, 0.25) is 0 Å². The second-order valence-electron chi connectivity index (χ2n) is 11.5. The summed E-state index contributed by atoms with van der Waals surface area (Å²) in [5, 5.41) is 22.5. The van der Waals surface area contributed by atoms with Gasteiger partial charge < -0.3 is 19.7 Å². The number of fused-ring (bicyclic) bond motifs is 3. The summed E-state index contributed by atoms with van der Waals surface area (Å²) in [4.78, 5) is 23.6. The highest BCUT2D eigenvalue weighted by Crippen LogP contribution is 2.74. The maximum absolute atomic E-state index is 12.0. The number of carbonyl (C=O) groups excluding carboxylic acids is 2. The standard InChI is InChI=1S/C24H38O6/c1-14(25)29-13-21(3)9-6-10-22(4)16(21)8-12-24-17(22)7-11-23(5,18(27)19(24)28)20(24)30-15(2)26/h16-20,27-28H,6-13H2,1-5H3/t16-,17+,18-,19-,20?,21-,22-,23-,24+/m1/s1. The van der Waals surface area contributed by atoms with Crippen LogP contribution in [0.5, 0.6) is 0 Å². The van der Waals surface area contributed by atoms with Crippen molar-refractivity contribution < 1.29 is 29.3 Å². The molecular formula is C24H38O6. The van der Waals surface area contributed by atoms with Crippen molar-refractivity contribution >= 4 is 11.9 Å². The molecule has 0 aromatic carbocycles. The lowest BCUT2D eigenvalue weighted by Gasteiger charge is -2.66. The first-order chi connectivity index (χ1) is 13.9. The van der Waals surface area contributed by atoms with E-state index in [0.29, 0.717) is 12.5 Å². The summed E-state index contributed by atoms with van der Waals surface area (Å²) >= 11 is 0. The van der Waals surface area contributed by atoms with E-state index in [1.165, 1.54) is 13.8 Å². The van der Waals surface area contributed by atoms with Gasteiger partial charge in [-0.05, 0) is 55.8 Å². The first kappa shape index (κ1) is 22.1. The Morgan fingerprint density at radius 1 is 0.867 bits per heavy atom. The second kappa shape index (κ2) is 6.93. The first-order valence-electron chi connectivity index (χ1n) is 11.6. The third-order valence-electron chi connectivity index (χ3n) is 9.88. The average molecular weight is 423 g/mol. The van der Waals surface area contributed by atoms with E-state index >= 15 is 0 Å². The molecule has 0 heterocycles. The molecule has 9 atom stereocenters. The van der Waals surface area contributed by atoms with Gasteiger partial charge in [-0.1, -0.05) is 27.2 Å². The van der Waals surface area contributed by atoms with Crippen molar-refractivity contribution in [3.05, 3.63) is 0 Å². The Hall–Kier alpha value is -1.14. The maximum Gasteiger partial charge on any atom is 0.302 e. The van der Waals surface area contributed by atoms with E-state index in [9.17, 15) is 19.8 Å². The molecule has 6 heteroatoms. The van der Waals surface area contributed by atoms with Crippen LogP contribution in [0.4, 0.5) is 0 Å². The largest absolute Gasteiger partial charge is 0.465 e. The number of esters is 2. The molecule has 4 rings (SSSR count). The van der Waals surface area contributed by atoms with Crippen LogP contribution in [0, 0.1) is 33.5 Å². The number of ether oxygens (including phenoxy) is 2. The Bertz CT molecular complexity index is 737. The van der Waals surface area contributed by atoms with Crippen molar-refractivity contribution in [2.45, 2.75) is 97.9 Å². The van der Waals surface area contributed by atoms with Crippen LogP contribution in [0.25, 0.3) is 0 Å². The molecule has 1 unspecified atom stereocenters. The van der Waals surface area contributed by atoms with Crippen LogP contribution in [0.3, 0.4) is 0 Å². The second-order valence-corrected chi connectivity index (χ2v) is 11.5. The van der Waals surface area contributed by atoms with Crippen molar-refractivity contribution in [3.8, 4) is 0 Å². The van der Waals surface area contributed by atoms with Gasteiger partial charge >= 0.3 is 11.9 Å². The van der Waals surface area contributed by atoms with Gasteiger partial charge in [0.15, 0.2) is 0 Å². The monoisotopic (exact) mass is 422 g/mol. The number of aliphatic hydroxyl groups is 2. The molecule has 4 aliphatic carbocycles. The van der Waals surface area contributed by atoms with E-state index in [2.05, 4.69) is 13.8 Å². The van der Waals surface area contributed by atoms with Crippen molar-refractivity contribution in [2.24, 2.45) is 33.5 Å². The number of hydrogen-bond donors (Lipinski definition) is 2. The molecular weight excluding hydrogens is 384 g/mol. The van der Waals surface area contributed by atoms with E-state index in [1.54, 1.807) is 0 Å². The number of rotatable bonds is 3. The molecule has 4 saturated carbocycles. The van der Waals surface area contributed by atoms with Gasteiger partial charge in [0, 0.05) is 30.1 Å². The highest BCUT2D eigenvalue weighted by molar-refractivity contribution is 5.66. The Balaban J connectivity index is 1.75. The molecule has 6 nitrogen and oxygen atoms in total. The lowest BCUT2D eigenvalue weighted by molar-refractivity contribution is -0.231. The van der Waals surface area contributed by atoms with Crippen LogP contribution < -0.4 is 0 Å². The summed E-state index contributed by atoms with van der Waals surface area (Å²) < 4.78 is 11.4. The highest BCUT2D eigenvalue weighted by Gasteiger charge is 2.76. The summed E-state index contributed by atoms with van der Waals surface area (Å²) in [6.45, 7) is 9.86. The Morgan fingerprint density at radius 3 is 2.17 bits per heavy atom. The minimum atomic E-state index is -0.890. The third-order valence-corrected chi connectivity index (χ3v) is 9.88. The Kier molecular flexibility index (Phi) is 5.10. The van der Waals surface area contributed by atoms with Crippen molar-refractivity contribution in [1.82, 2.24) is 0 Å². The summed E-state index contributed by atoms with van der Waals surface area (Å²) in [5.41, 5.74) is -1.38. The molecule has 0 radical (unpaired) electrons. The van der Waals surface area contributed by atoms with E-state index in [-0.39, 0.29) is 28.7 Å². The molecule has 0 amide bonds. The lowest BCUT2D eigenvalue weighted by Crippen LogP contribution is -2.64. The van der Waals surface area contributed by atoms with E-state index in [1.807, 2.05) is 6.92 Å². The minimum Gasteiger partial charge on any atom is -0.465 e. The molecule has 2 N–H and O–H groups in total. The molecule has 1 spiro atoms.